The molecule has 2 rings (SSSR count). The SMILES string of the molecule is CC(C)c1c[nH]c(=O)c2cccn12. The van der Waals surface area contributed by atoms with Gasteiger partial charge in [-0.2, -0.15) is 0 Å². The maximum atomic E-state index is 11.3. The third-order valence-corrected chi connectivity index (χ3v) is 2.20. The standard InChI is InChI=1S/C10H12N2O/c1-7(2)9-6-11-10(13)8-4-3-5-12(8)9/h3-7H,1-2H3,(H,11,13). The van der Waals surface area contributed by atoms with E-state index in [9.17, 15) is 4.79 Å². The van der Waals surface area contributed by atoms with Crippen molar-refractivity contribution in [3.63, 3.8) is 0 Å². The number of hydrogen-bond acceptors (Lipinski definition) is 1. The van der Waals surface area contributed by atoms with Crippen LogP contribution in [0, 0.1) is 0 Å². The fourth-order valence-electron chi connectivity index (χ4n) is 1.52. The van der Waals surface area contributed by atoms with Crippen LogP contribution in [0.5, 0.6) is 0 Å². The van der Waals surface area contributed by atoms with Crippen molar-refractivity contribution in [2.45, 2.75) is 19.8 Å². The highest BCUT2D eigenvalue weighted by Gasteiger charge is 2.05. The van der Waals surface area contributed by atoms with E-state index in [1.165, 1.54) is 0 Å². The van der Waals surface area contributed by atoms with Crippen molar-refractivity contribution >= 4 is 5.52 Å². The predicted molar refractivity (Wildman–Crippen MR) is 52.1 cm³/mol. The summed E-state index contributed by atoms with van der Waals surface area (Å²) in [6.45, 7) is 4.21. The molecular formula is C10H12N2O. The molecule has 0 aliphatic rings. The first-order valence-corrected chi connectivity index (χ1v) is 4.39. The Morgan fingerprint density at radius 1 is 1.46 bits per heavy atom. The first-order chi connectivity index (χ1) is 6.20. The third kappa shape index (κ3) is 1.16. The van der Waals surface area contributed by atoms with Crippen molar-refractivity contribution in [3.05, 3.63) is 40.6 Å². The molecule has 2 heterocycles. The highest BCUT2D eigenvalue weighted by atomic mass is 16.1. The van der Waals surface area contributed by atoms with Gasteiger partial charge < -0.3 is 9.38 Å². The topological polar surface area (TPSA) is 37.3 Å². The van der Waals surface area contributed by atoms with Gasteiger partial charge in [0, 0.05) is 18.1 Å². The summed E-state index contributed by atoms with van der Waals surface area (Å²) in [5, 5.41) is 0. The molecule has 2 aromatic heterocycles. The lowest BCUT2D eigenvalue weighted by Crippen LogP contribution is -2.12. The molecule has 3 heteroatoms. The van der Waals surface area contributed by atoms with E-state index in [-0.39, 0.29) is 5.56 Å². The van der Waals surface area contributed by atoms with Crippen LogP contribution in [0.3, 0.4) is 0 Å². The quantitative estimate of drug-likeness (QED) is 0.706. The maximum Gasteiger partial charge on any atom is 0.272 e. The third-order valence-electron chi connectivity index (χ3n) is 2.20. The van der Waals surface area contributed by atoms with E-state index in [0.717, 1.165) is 5.69 Å². The second-order valence-electron chi connectivity index (χ2n) is 3.46. The molecule has 0 spiro atoms. The minimum atomic E-state index is -0.0330. The molecule has 0 bridgehead atoms. The molecule has 0 saturated carbocycles. The number of aromatic nitrogens is 2. The monoisotopic (exact) mass is 176 g/mol. The minimum Gasteiger partial charge on any atom is -0.326 e. The Labute approximate surface area is 76.0 Å². The summed E-state index contributed by atoms with van der Waals surface area (Å²) in [4.78, 5) is 14.1. The van der Waals surface area contributed by atoms with Crippen molar-refractivity contribution < 1.29 is 0 Å². The smallest absolute Gasteiger partial charge is 0.272 e. The van der Waals surface area contributed by atoms with Crippen LogP contribution in [0.25, 0.3) is 5.52 Å². The Bertz CT molecular complexity index is 479. The van der Waals surface area contributed by atoms with Gasteiger partial charge in [-0.3, -0.25) is 4.79 Å². The lowest BCUT2D eigenvalue weighted by molar-refractivity contribution is 0.789. The van der Waals surface area contributed by atoms with Crippen LogP contribution in [-0.2, 0) is 0 Å². The molecule has 0 unspecified atom stereocenters. The molecule has 0 fully saturated rings. The van der Waals surface area contributed by atoms with Crippen molar-refractivity contribution in [3.8, 4) is 0 Å². The molecule has 1 N–H and O–H groups in total. The number of nitrogens with zero attached hydrogens (tertiary/aromatic N) is 1. The number of aromatic amines is 1. The number of fused-ring (bicyclic) bond motifs is 1. The average molecular weight is 176 g/mol. The van der Waals surface area contributed by atoms with Crippen LogP contribution >= 0.6 is 0 Å². The van der Waals surface area contributed by atoms with E-state index in [1.54, 1.807) is 6.20 Å². The van der Waals surface area contributed by atoms with Crippen molar-refractivity contribution in [2.75, 3.05) is 0 Å². The van der Waals surface area contributed by atoms with Crippen LogP contribution in [0.15, 0.2) is 29.3 Å². The number of rotatable bonds is 1. The van der Waals surface area contributed by atoms with Gasteiger partial charge in [-0.15, -0.1) is 0 Å². The fourth-order valence-corrected chi connectivity index (χ4v) is 1.52. The molecular weight excluding hydrogens is 164 g/mol. The van der Waals surface area contributed by atoms with E-state index in [0.29, 0.717) is 11.4 Å². The molecule has 68 valence electrons. The van der Waals surface area contributed by atoms with Crippen molar-refractivity contribution in [1.82, 2.24) is 9.38 Å². The summed E-state index contributed by atoms with van der Waals surface area (Å²) in [6, 6.07) is 3.71. The highest BCUT2D eigenvalue weighted by Crippen LogP contribution is 2.13. The Kier molecular flexibility index (Phi) is 1.72. The maximum absolute atomic E-state index is 11.3. The van der Waals surface area contributed by atoms with Crippen LogP contribution in [0.1, 0.15) is 25.5 Å². The van der Waals surface area contributed by atoms with Gasteiger partial charge in [0.2, 0.25) is 0 Å². The number of H-pyrrole nitrogens is 1. The van der Waals surface area contributed by atoms with Gasteiger partial charge in [-0.1, -0.05) is 13.8 Å². The first-order valence-electron chi connectivity index (χ1n) is 4.39. The van der Waals surface area contributed by atoms with E-state index >= 15 is 0 Å². The zero-order valence-electron chi connectivity index (χ0n) is 7.74. The summed E-state index contributed by atoms with van der Waals surface area (Å²) in [7, 11) is 0. The molecule has 0 aromatic carbocycles. The zero-order valence-corrected chi connectivity index (χ0v) is 7.74. The van der Waals surface area contributed by atoms with E-state index in [1.807, 2.05) is 22.7 Å². The van der Waals surface area contributed by atoms with Gasteiger partial charge in [0.05, 0.1) is 0 Å². The molecule has 13 heavy (non-hydrogen) atoms. The Balaban J connectivity index is 2.86. The second kappa shape index (κ2) is 2.76. The van der Waals surface area contributed by atoms with Crippen LogP contribution in [0.4, 0.5) is 0 Å². The van der Waals surface area contributed by atoms with Gasteiger partial charge in [-0.25, -0.2) is 0 Å². The van der Waals surface area contributed by atoms with Gasteiger partial charge >= 0.3 is 0 Å². The van der Waals surface area contributed by atoms with Crippen LogP contribution < -0.4 is 5.56 Å². The second-order valence-corrected chi connectivity index (χ2v) is 3.46. The normalized spacial score (nSPS) is 11.3. The predicted octanol–water partition coefficient (Wildman–Crippen LogP) is 1.75. The summed E-state index contributed by atoms with van der Waals surface area (Å²) in [5.74, 6) is 0.409. The van der Waals surface area contributed by atoms with Crippen molar-refractivity contribution in [2.24, 2.45) is 0 Å². The summed E-state index contributed by atoms with van der Waals surface area (Å²) < 4.78 is 1.93. The Morgan fingerprint density at radius 2 is 2.23 bits per heavy atom. The Hall–Kier alpha value is -1.51. The molecule has 3 nitrogen and oxygen atoms in total. The largest absolute Gasteiger partial charge is 0.326 e. The lowest BCUT2D eigenvalue weighted by Gasteiger charge is -2.07. The Morgan fingerprint density at radius 3 is 2.92 bits per heavy atom. The van der Waals surface area contributed by atoms with Crippen LogP contribution in [-0.4, -0.2) is 9.38 Å². The van der Waals surface area contributed by atoms with Gasteiger partial charge in [-0.05, 0) is 18.1 Å². The fraction of sp³-hybridized carbons (Fsp3) is 0.300. The molecule has 0 radical (unpaired) electrons. The average Bonchev–Trinajstić information content (AvgIpc) is 2.53. The summed E-state index contributed by atoms with van der Waals surface area (Å²) in [6.07, 6.45) is 3.69. The molecule has 0 amide bonds. The lowest BCUT2D eigenvalue weighted by atomic mass is 10.1. The summed E-state index contributed by atoms with van der Waals surface area (Å²) >= 11 is 0. The molecule has 0 atom stereocenters. The van der Waals surface area contributed by atoms with Crippen molar-refractivity contribution in [1.29, 1.82) is 0 Å². The number of nitrogens with one attached hydrogen (secondary N) is 1. The van der Waals surface area contributed by atoms with E-state index < -0.39 is 0 Å². The van der Waals surface area contributed by atoms with E-state index in [2.05, 4.69) is 18.8 Å². The van der Waals surface area contributed by atoms with Crippen LogP contribution in [0.2, 0.25) is 0 Å². The molecule has 0 saturated heterocycles. The van der Waals surface area contributed by atoms with Gasteiger partial charge in [0.1, 0.15) is 5.52 Å². The first kappa shape index (κ1) is 8.10. The molecule has 2 aromatic rings. The number of hydrogen-bond donors (Lipinski definition) is 1. The molecule has 0 aliphatic heterocycles. The van der Waals surface area contributed by atoms with Gasteiger partial charge in [0.15, 0.2) is 0 Å². The zero-order chi connectivity index (χ0) is 9.42. The summed E-state index contributed by atoms with van der Waals surface area (Å²) in [5.41, 5.74) is 1.81. The van der Waals surface area contributed by atoms with Gasteiger partial charge in [0.25, 0.3) is 5.56 Å². The highest BCUT2D eigenvalue weighted by molar-refractivity contribution is 5.46. The minimum absolute atomic E-state index is 0.0330. The van der Waals surface area contributed by atoms with E-state index in [4.69, 9.17) is 0 Å². The molecule has 0 aliphatic carbocycles.